The molecule has 0 saturated heterocycles. The Kier molecular flexibility index (Phi) is 4.08. The molecule has 26 heavy (non-hydrogen) atoms. The van der Waals surface area contributed by atoms with E-state index in [-0.39, 0.29) is 17.6 Å². The van der Waals surface area contributed by atoms with Crippen molar-refractivity contribution in [3.05, 3.63) is 65.5 Å². The Bertz CT molecular complexity index is 947. The van der Waals surface area contributed by atoms with E-state index >= 15 is 0 Å². The van der Waals surface area contributed by atoms with E-state index < -0.39 is 0 Å². The summed E-state index contributed by atoms with van der Waals surface area (Å²) in [6.45, 7) is 0.526. The number of ether oxygens (including phenoxy) is 1. The second-order valence-electron chi connectivity index (χ2n) is 6.31. The Morgan fingerprint density at radius 2 is 1.92 bits per heavy atom. The van der Waals surface area contributed by atoms with Crippen LogP contribution in [-0.4, -0.2) is 34.6 Å². The zero-order valence-corrected chi connectivity index (χ0v) is 14.3. The first-order valence-electron chi connectivity index (χ1n) is 8.45. The largest absolute Gasteiger partial charge is 0.508 e. The third-order valence-corrected chi connectivity index (χ3v) is 4.67. The predicted octanol–water partition coefficient (Wildman–Crippen LogP) is 2.86. The number of hydrogen-bond acceptors (Lipinski definition) is 4. The lowest BCUT2D eigenvalue weighted by atomic mass is 9.93. The molecule has 0 saturated carbocycles. The van der Waals surface area contributed by atoms with Gasteiger partial charge in [0.25, 0.3) is 5.91 Å². The summed E-state index contributed by atoms with van der Waals surface area (Å²) < 4.78 is 5.48. The Labute approximate surface area is 150 Å². The van der Waals surface area contributed by atoms with Gasteiger partial charge in [-0.1, -0.05) is 18.2 Å². The Hall–Kier alpha value is -3.28. The van der Waals surface area contributed by atoms with Crippen molar-refractivity contribution in [1.29, 1.82) is 0 Å². The zero-order chi connectivity index (χ0) is 18.1. The standard InChI is InChI=1S/C20H19N3O3/c1-26-17-5-3-2-4-15(17)13-10-16-18(20(25)21-11-13)23-19(22-16)12-6-8-14(24)9-7-12/h2-9,13,24H,10-11H2,1H3,(H,21,25)(H,22,23)/t13-/m0/s1. The number of nitrogens with zero attached hydrogens (tertiary/aromatic N) is 1. The van der Waals surface area contributed by atoms with Crippen LogP contribution in [0, 0.1) is 0 Å². The first-order valence-corrected chi connectivity index (χ1v) is 8.45. The van der Waals surface area contributed by atoms with Crippen LogP contribution in [-0.2, 0) is 6.42 Å². The van der Waals surface area contributed by atoms with Crippen molar-refractivity contribution >= 4 is 5.91 Å². The molecule has 6 heteroatoms. The second kappa shape index (κ2) is 6.55. The summed E-state index contributed by atoms with van der Waals surface area (Å²) in [7, 11) is 1.65. The fourth-order valence-electron chi connectivity index (χ4n) is 3.34. The molecule has 0 spiro atoms. The molecular weight excluding hydrogens is 330 g/mol. The number of H-pyrrole nitrogens is 1. The number of nitrogens with one attached hydrogen (secondary N) is 2. The summed E-state index contributed by atoms with van der Waals surface area (Å²) in [5, 5.41) is 12.4. The van der Waals surface area contributed by atoms with Gasteiger partial charge >= 0.3 is 0 Å². The van der Waals surface area contributed by atoms with Crippen LogP contribution < -0.4 is 10.1 Å². The number of imidazole rings is 1. The molecule has 1 atom stereocenters. The predicted molar refractivity (Wildman–Crippen MR) is 97.5 cm³/mol. The molecule has 3 aromatic rings. The maximum Gasteiger partial charge on any atom is 0.271 e. The van der Waals surface area contributed by atoms with Crippen molar-refractivity contribution in [2.45, 2.75) is 12.3 Å². The Morgan fingerprint density at radius 3 is 2.69 bits per heavy atom. The average molecular weight is 349 g/mol. The summed E-state index contributed by atoms with van der Waals surface area (Å²) in [5.41, 5.74) is 3.10. The molecule has 3 N–H and O–H groups in total. The van der Waals surface area contributed by atoms with Crippen LogP contribution in [0.4, 0.5) is 0 Å². The molecule has 132 valence electrons. The molecule has 0 bridgehead atoms. The summed E-state index contributed by atoms with van der Waals surface area (Å²) in [6.07, 6.45) is 0.652. The number of aromatic nitrogens is 2. The van der Waals surface area contributed by atoms with Crippen molar-refractivity contribution in [2.75, 3.05) is 13.7 Å². The number of phenolic OH excluding ortho intramolecular Hbond substituents is 1. The summed E-state index contributed by atoms with van der Waals surface area (Å²) in [6, 6.07) is 14.6. The fraction of sp³-hybridized carbons (Fsp3) is 0.200. The van der Waals surface area contributed by atoms with Crippen LogP contribution in [0.5, 0.6) is 11.5 Å². The maximum absolute atomic E-state index is 12.5. The van der Waals surface area contributed by atoms with Crippen LogP contribution in [0.2, 0.25) is 0 Å². The van der Waals surface area contributed by atoms with Crippen molar-refractivity contribution in [1.82, 2.24) is 15.3 Å². The fourth-order valence-corrected chi connectivity index (χ4v) is 3.34. The number of methoxy groups -OCH3 is 1. The monoisotopic (exact) mass is 349 g/mol. The lowest BCUT2D eigenvalue weighted by Crippen LogP contribution is -2.26. The van der Waals surface area contributed by atoms with E-state index in [9.17, 15) is 9.90 Å². The minimum absolute atomic E-state index is 0.0875. The third kappa shape index (κ3) is 2.90. The van der Waals surface area contributed by atoms with E-state index in [1.807, 2.05) is 24.3 Å². The Morgan fingerprint density at radius 1 is 1.15 bits per heavy atom. The third-order valence-electron chi connectivity index (χ3n) is 4.67. The van der Waals surface area contributed by atoms with E-state index in [1.54, 1.807) is 31.4 Å². The van der Waals surface area contributed by atoms with Gasteiger partial charge in [0.1, 0.15) is 23.0 Å². The molecule has 0 radical (unpaired) electrons. The molecule has 6 nitrogen and oxygen atoms in total. The molecule has 1 aliphatic rings. The normalized spacial score (nSPS) is 16.5. The first-order chi connectivity index (χ1) is 12.7. The molecule has 2 heterocycles. The van der Waals surface area contributed by atoms with E-state index in [0.717, 1.165) is 22.6 Å². The van der Waals surface area contributed by atoms with E-state index in [0.29, 0.717) is 24.5 Å². The lowest BCUT2D eigenvalue weighted by molar-refractivity contribution is 0.0950. The molecule has 2 aromatic carbocycles. The summed E-state index contributed by atoms with van der Waals surface area (Å²) in [5.74, 6) is 1.53. The second-order valence-corrected chi connectivity index (χ2v) is 6.31. The van der Waals surface area contributed by atoms with Gasteiger partial charge < -0.3 is 20.1 Å². The topological polar surface area (TPSA) is 87.2 Å². The number of phenols is 1. The van der Waals surface area contributed by atoms with E-state index in [4.69, 9.17) is 4.74 Å². The number of carbonyl (C=O) groups is 1. The van der Waals surface area contributed by atoms with Gasteiger partial charge in [0, 0.05) is 23.7 Å². The van der Waals surface area contributed by atoms with Gasteiger partial charge in [0.15, 0.2) is 0 Å². The van der Waals surface area contributed by atoms with Crippen LogP contribution >= 0.6 is 0 Å². The quantitative estimate of drug-likeness (QED) is 0.678. The van der Waals surface area contributed by atoms with E-state index in [1.165, 1.54) is 0 Å². The van der Waals surface area contributed by atoms with Crippen molar-refractivity contribution < 1.29 is 14.6 Å². The number of fused-ring (bicyclic) bond motifs is 1. The zero-order valence-electron chi connectivity index (χ0n) is 14.3. The van der Waals surface area contributed by atoms with Crippen molar-refractivity contribution in [2.24, 2.45) is 0 Å². The number of para-hydroxylation sites is 1. The number of aromatic amines is 1. The molecule has 4 rings (SSSR count). The number of amides is 1. The van der Waals surface area contributed by atoms with Gasteiger partial charge in [0.05, 0.1) is 7.11 Å². The van der Waals surface area contributed by atoms with Gasteiger partial charge in [-0.2, -0.15) is 0 Å². The lowest BCUT2D eigenvalue weighted by Gasteiger charge is -2.17. The highest BCUT2D eigenvalue weighted by atomic mass is 16.5. The minimum Gasteiger partial charge on any atom is -0.508 e. The number of rotatable bonds is 3. The highest BCUT2D eigenvalue weighted by molar-refractivity contribution is 5.94. The van der Waals surface area contributed by atoms with Crippen molar-refractivity contribution in [3.8, 4) is 22.9 Å². The molecule has 1 amide bonds. The molecule has 0 unspecified atom stereocenters. The Balaban J connectivity index is 1.71. The van der Waals surface area contributed by atoms with Crippen LogP contribution in [0.25, 0.3) is 11.4 Å². The van der Waals surface area contributed by atoms with Gasteiger partial charge in [-0.3, -0.25) is 4.79 Å². The molecule has 1 aliphatic heterocycles. The number of aromatic hydroxyl groups is 1. The summed E-state index contributed by atoms with van der Waals surface area (Å²) >= 11 is 0. The van der Waals surface area contributed by atoms with Gasteiger partial charge in [-0.05, 0) is 42.3 Å². The highest BCUT2D eigenvalue weighted by Gasteiger charge is 2.27. The number of carbonyl (C=O) groups excluding carboxylic acids is 1. The maximum atomic E-state index is 12.5. The van der Waals surface area contributed by atoms with E-state index in [2.05, 4.69) is 15.3 Å². The molecular formula is C20H19N3O3. The summed E-state index contributed by atoms with van der Waals surface area (Å²) in [4.78, 5) is 20.2. The average Bonchev–Trinajstić information content (AvgIpc) is 3.03. The van der Waals surface area contributed by atoms with Gasteiger partial charge in [-0.25, -0.2) is 4.98 Å². The minimum atomic E-state index is -0.182. The van der Waals surface area contributed by atoms with Crippen LogP contribution in [0.3, 0.4) is 0 Å². The van der Waals surface area contributed by atoms with Crippen LogP contribution in [0.1, 0.15) is 27.7 Å². The highest BCUT2D eigenvalue weighted by Crippen LogP contribution is 2.31. The van der Waals surface area contributed by atoms with Crippen LogP contribution in [0.15, 0.2) is 48.5 Å². The molecule has 0 fully saturated rings. The SMILES string of the molecule is COc1ccccc1[C@@H]1CNC(=O)c2nc(-c3ccc(O)cc3)[nH]c2C1. The van der Waals surface area contributed by atoms with Gasteiger partial charge in [0.2, 0.25) is 0 Å². The molecule has 0 aliphatic carbocycles. The van der Waals surface area contributed by atoms with Gasteiger partial charge in [-0.15, -0.1) is 0 Å². The first kappa shape index (κ1) is 16.2. The van der Waals surface area contributed by atoms with Crippen molar-refractivity contribution in [3.63, 3.8) is 0 Å². The number of hydrogen-bond donors (Lipinski definition) is 3. The molecule has 1 aromatic heterocycles. The number of benzene rings is 2. The smallest absolute Gasteiger partial charge is 0.271 e.